The molecular formula is C13H21NO4. The van der Waals surface area contributed by atoms with Gasteiger partial charge in [0.25, 0.3) is 0 Å². The molecule has 1 saturated heterocycles. The lowest BCUT2D eigenvalue weighted by atomic mass is 9.95. The van der Waals surface area contributed by atoms with Crippen molar-refractivity contribution in [2.24, 2.45) is 11.8 Å². The summed E-state index contributed by atoms with van der Waals surface area (Å²) in [7, 11) is 1.42. The van der Waals surface area contributed by atoms with E-state index >= 15 is 0 Å². The van der Waals surface area contributed by atoms with Gasteiger partial charge in [-0.1, -0.05) is 0 Å². The minimum Gasteiger partial charge on any atom is -0.469 e. The number of ether oxygens (including phenoxy) is 2. The van der Waals surface area contributed by atoms with Crippen molar-refractivity contribution in [2.75, 3.05) is 13.7 Å². The summed E-state index contributed by atoms with van der Waals surface area (Å²) in [6, 6.07) is 0.133. The molecular weight excluding hydrogens is 234 g/mol. The maximum atomic E-state index is 12.0. The molecule has 3 atom stereocenters. The predicted molar refractivity (Wildman–Crippen MR) is 65.0 cm³/mol. The average molecular weight is 255 g/mol. The van der Waals surface area contributed by atoms with Crippen LogP contribution in [0.1, 0.15) is 33.6 Å². The van der Waals surface area contributed by atoms with Gasteiger partial charge in [0.1, 0.15) is 5.60 Å². The number of fused-ring (bicyclic) bond motifs is 2. The molecule has 5 nitrogen and oxygen atoms in total. The summed E-state index contributed by atoms with van der Waals surface area (Å²) in [5.74, 6) is 0.0417. The topological polar surface area (TPSA) is 55.8 Å². The van der Waals surface area contributed by atoms with Gasteiger partial charge >= 0.3 is 12.1 Å². The minimum atomic E-state index is -0.472. The van der Waals surface area contributed by atoms with E-state index < -0.39 is 5.60 Å². The van der Waals surface area contributed by atoms with Gasteiger partial charge in [0, 0.05) is 12.6 Å². The molecule has 1 heterocycles. The van der Waals surface area contributed by atoms with E-state index in [1.54, 1.807) is 4.90 Å². The first-order chi connectivity index (χ1) is 8.31. The molecule has 0 N–H and O–H groups in total. The van der Waals surface area contributed by atoms with E-state index in [0.29, 0.717) is 13.0 Å². The van der Waals surface area contributed by atoms with Crippen LogP contribution in [0, 0.1) is 11.8 Å². The van der Waals surface area contributed by atoms with Crippen LogP contribution in [0.2, 0.25) is 0 Å². The standard InChI is InChI=1S/C13H21NO4/c1-13(2,3)18-12(16)14-7-8-5-9(14)6-10(8)11(15)17-4/h8-10H,5-7H2,1-4H3/t8-,9?,10-/m0/s1. The van der Waals surface area contributed by atoms with Crippen LogP contribution in [-0.2, 0) is 14.3 Å². The molecule has 0 spiro atoms. The van der Waals surface area contributed by atoms with Crippen LogP contribution < -0.4 is 0 Å². The number of hydrogen-bond acceptors (Lipinski definition) is 4. The fourth-order valence-electron chi connectivity index (χ4n) is 2.94. The number of likely N-dealkylation sites (tertiary alicyclic amines) is 1. The zero-order valence-electron chi connectivity index (χ0n) is 11.4. The minimum absolute atomic E-state index is 0.0429. The largest absolute Gasteiger partial charge is 0.469 e. The van der Waals surface area contributed by atoms with Crippen molar-refractivity contribution in [3.63, 3.8) is 0 Å². The van der Waals surface area contributed by atoms with Crippen molar-refractivity contribution in [3.8, 4) is 0 Å². The molecule has 1 aliphatic carbocycles. The Balaban J connectivity index is 1.95. The van der Waals surface area contributed by atoms with Gasteiger partial charge in [-0.15, -0.1) is 0 Å². The lowest BCUT2D eigenvalue weighted by Gasteiger charge is -2.32. The Labute approximate surface area is 107 Å². The van der Waals surface area contributed by atoms with Gasteiger partial charge in [0.15, 0.2) is 0 Å². The zero-order valence-corrected chi connectivity index (χ0v) is 11.4. The van der Waals surface area contributed by atoms with E-state index in [2.05, 4.69) is 0 Å². The van der Waals surface area contributed by atoms with Crippen molar-refractivity contribution in [1.82, 2.24) is 4.90 Å². The lowest BCUT2D eigenvalue weighted by Crippen LogP contribution is -2.44. The number of amides is 1. The maximum absolute atomic E-state index is 12.0. The third-order valence-electron chi connectivity index (χ3n) is 3.67. The van der Waals surface area contributed by atoms with Crippen molar-refractivity contribution in [3.05, 3.63) is 0 Å². The number of carbonyl (C=O) groups is 2. The Morgan fingerprint density at radius 3 is 2.33 bits per heavy atom. The summed E-state index contributed by atoms with van der Waals surface area (Å²) in [6.07, 6.45) is 1.33. The molecule has 0 aromatic carbocycles. The van der Waals surface area contributed by atoms with Crippen LogP contribution in [0.4, 0.5) is 4.79 Å². The molecule has 0 aromatic rings. The second kappa shape index (κ2) is 4.44. The summed E-state index contributed by atoms with van der Waals surface area (Å²) in [5, 5.41) is 0. The van der Waals surface area contributed by atoms with Gasteiger partial charge in [-0.05, 0) is 39.5 Å². The maximum Gasteiger partial charge on any atom is 0.410 e. The van der Waals surface area contributed by atoms with E-state index in [9.17, 15) is 9.59 Å². The van der Waals surface area contributed by atoms with Crippen molar-refractivity contribution < 1.29 is 19.1 Å². The highest BCUT2D eigenvalue weighted by Crippen LogP contribution is 2.43. The highest BCUT2D eigenvalue weighted by atomic mass is 16.6. The molecule has 1 aliphatic heterocycles. The van der Waals surface area contributed by atoms with Crippen molar-refractivity contribution >= 4 is 12.1 Å². The second-order valence-corrected chi connectivity index (χ2v) is 6.15. The first-order valence-electron chi connectivity index (χ1n) is 6.39. The van der Waals surface area contributed by atoms with Crippen LogP contribution in [0.25, 0.3) is 0 Å². The van der Waals surface area contributed by atoms with E-state index in [4.69, 9.17) is 9.47 Å². The van der Waals surface area contributed by atoms with Gasteiger partial charge in [-0.3, -0.25) is 4.79 Å². The fourth-order valence-corrected chi connectivity index (χ4v) is 2.94. The normalized spacial score (nSPS) is 30.4. The summed E-state index contributed by atoms with van der Waals surface area (Å²) in [5.41, 5.74) is -0.472. The lowest BCUT2D eigenvalue weighted by molar-refractivity contribution is -0.147. The molecule has 2 aliphatic rings. The SMILES string of the molecule is COC(=O)[C@H]1CC2C[C@H]1CN2C(=O)OC(C)(C)C. The van der Waals surface area contributed by atoms with Crippen LogP contribution in [0.3, 0.4) is 0 Å². The highest BCUT2D eigenvalue weighted by Gasteiger charge is 2.50. The molecule has 0 aromatic heterocycles. The van der Waals surface area contributed by atoms with Gasteiger partial charge < -0.3 is 14.4 Å². The zero-order chi connectivity index (χ0) is 13.5. The molecule has 102 valence electrons. The van der Waals surface area contributed by atoms with Gasteiger partial charge in [-0.25, -0.2) is 4.79 Å². The number of esters is 1. The highest BCUT2D eigenvalue weighted by molar-refractivity contribution is 5.75. The number of nitrogens with zero attached hydrogens (tertiary/aromatic N) is 1. The molecule has 18 heavy (non-hydrogen) atoms. The third kappa shape index (κ3) is 2.44. The van der Waals surface area contributed by atoms with Crippen LogP contribution >= 0.6 is 0 Å². The molecule has 1 amide bonds. The van der Waals surface area contributed by atoms with Crippen LogP contribution in [-0.4, -0.2) is 42.3 Å². The summed E-state index contributed by atoms with van der Waals surface area (Å²) >= 11 is 0. The molecule has 2 fully saturated rings. The average Bonchev–Trinajstić information content (AvgIpc) is 2.84. The molecule has 1 saturated carbocycles. The third-order valence-corrected chi connectivity index (χ3v) is 3.67. The van der Waals surface area contributed by atoms with Crippen molar-refractivity contribution in [2.45, 2.75) is 45.3 Å². The number of carbonyl (C=O) groups excluding carboxylic acids is 2. The molecule has 5 heteroatoms. The summed E-state index contributed by atoms with van der Waals surface area (Å²) < 4.78 is 10.2. The summed E-state index contributed by atoms with van der Waals surface area (Å²) in [4.78, 5) is 25.3. The van der Waals surface area contributed by atoms with E-state index in [0.717, 1.165) is 6.42 Å². The van der Waals surface area contributed by atoms with Crippen LogP contribution in [0.15, 0.2) is 0 Å². The first kappa shape index (κ1) is 13.2. The number of piperidine rings is 1. The number of rotatable bonds is 1. The summed E-state index contributed by atoms with van der Waals surface area (Å²) in [6.45, 7) is 6.18. The van der Waals surface area contributed by atoms with Gasteiger partial charge in [0.05, 0.1) is 13.0 Å². The Morgan fingerprint density at radius 1 is 1.22 bits per heavy atom. The Hall–Kier alpha value is -1.26. The smallest absolute Gasteiger partial charge is 0.410 e. The molecule has 0 radical (unpaired) electrons. The quantitative estimate of drug-likeness (QED) is 0.670. The van der Waals surface area contributed by atoms with E-state index in [1.807, 2.05) is 20.8 Å². The monoisotopic (exact) mass is 255 g/mol. The van der Waals surface area contributed by atoms with E-state index in [-0.39, 0.29) is 29.9 Å². The van der Waals surface area contributed by atoms with Crippen molar-refractivity contribution in [1.29, 1.82) is 0 Å². The Morgan fingerprint density at radius 2 is 1.89 bits per heavy atom. The Bertz CT molecular complexity index is 360. The predicted octanol–water partition coefficient (Wildman–Crippen LogP) is 1.80. The molecule has 1 unspecified atom stereocenters. The van der Waals surface area contributed by atoms with E-state index in [1.165, 1.54) is 7.11 Å². The second-order valence-electron chi connectivity index (χ2n) is 6.15. The fraction of sp³-hybridized carbons (Fsp3) is 0.846. The Kier molecular flexibility index (Phi) is 3.25. The van der Waals surface area contributed by atoms with Gasteiger partial charge in [-0.2, -0.15) is 0 Å². The van der Waals surface area contributed by atoms with Crippen LogP contribution in [0.5, 0.6) is 0 Å². The first-order valence-corrected chi connectivity index (χ1v) is 6.39. The number of methoxy groups -OCH3 is 1. The molecule has 2 rings (SSSR count). The molecule has 2 bridgehead atoms. The van der Waals surface area contributed by atoms with Gasteiger partial charge in [0.2, 0.25) is 0 Å². The number of hydrogen-bond donors (Lipinski definition) is 0.